The second-order valence-electron chi connectivity index (χ2n) is 9.63. The summed E-state index contributed by atoms with van der Waals surface area (Å²) in [5.41, 5.74) is 4.55. The van der Waals surface area contributed by atoms with E-state index in [2.05, 4.69) is 41.5 Å². The van der Waals surface area contributed by atoms with Gasteiger partial charge in [-0.3, -0.25) is 0 Å². The number of nitrogens with one attached hydrogen (secondary N) is 1. The SMILES string of the molecule is COc1ccc(CNc2cnnc3cc(-c4cc(Cl)ccc4O[C@H]4C[C@@H](C)O[C@@H](C)C4)ccc23)c(OC)c1. The van der Waals surface area contributed by atoms with E-state index in [-0.39, 0.29) is 18.3 Å². The van der Waals surface area contributed by atoms with Crippen molar-refractivity contribution in [1.29, 1.82) is 0 Å². The molecule has 0 bridgehead atoms. The number of aromatic nitrogens is 2. The van der Waals surface area contributed by atoms with Gasteiger partial charge in [0.2, 0.25) is 0 Å². The minimum absolute atomic E-state index is 0.0830. The molecule has 198 valence electrons. The van der Waals surface area contributed by atoms with E-state index in [1.54, 1.807) is 20.4 Å². The van der Waals surface area contributed by atoms with Crippen molar-refractivity contribution in [3.63, 3.8) is 0 Å². The van der Waals surface area contributed by atoms with Crippen molar-refractivity contribution in [3.8, 4) is 28.4 Å². The maximum Gasteiger partial charge on any atom is 0.127 e. The summed E-state index contributed by atoms with van der Waals surface area (Å²) in [5, 5.41) is 13.7. The van der Waals surface area contributed by atoms with Gasteiger partial charge < -0.3 is 24.3 Å². The van der Waals surface area contributed by atoms with Gasteiger partial charge in [-0.25, -0.2) is 0 Å². The number of methoxy groups -OCH3 is 2. The summed E-state index contributed by atoms with van der Waals surface area (Å²) < 4.78 is 23.2. The molecular formula is C30H32ClN3O4. The van der Waals surface area contributed by atoms with Crippen molar-refractivity contribution in [2.75, 3.05) is 19.5 Å². The van der Waals surface area contributed by atoms with Gasteiger partial charge in [0, 0.05) is 47.0 Å². The molecular weight excluding hydrogens is 502 g/mol. The van der Waals surface area contributed by atoms with E-state index >= 15 is 0 Å². The Kier molecular flexibility index (Phi) is 7.86. The molecule has 4 aromatic rings. The molecule has 0 saturated carbocycles. The van der Waals surface area contributed by atoms with Gasteiger partial charge in [0.25, 0.3) is 0 Å². The first kappa shape index (κ1) is 26.1. The van der Waals surface area contributed by atoms with Crippen LogP contribution in [0.4, 0.5) is 5.69 Å². The van der Waals surface area contributed by atoms with Crippen LogP contribution < -0.4 is 19.5 Å². The molecule has 3 aromatic carbocycles. The van der Waals surface area contributed by atoms with Crippen molar-refractivity contribution in [2.45, 2.75) is 51.5 Å². The highest BCUT2D eigenvalue weighted by molar-refractivity contribution is 6.31. The lowest BCUT2D eigenvalue weighted by Crippen LogP contribution is -2.35. The van der Waals surface area contributed by atoms with E-state index in [1.807, 2.05) is 42.5 Å². The smallest absolute Gasteiger partial charge is 0.127 e. The fraction of sp³-hybridized carbons (Fsp3) is 0.333. The summed E-state index contributed by atoms with van der Waals surface area (Å²) in [5.74, 6) is 2.31. The summed E-state index contributed by atoms with van der Waals surface area (Å²) in [6.45, 7) is 4.74. The van der Waals surface area contributed by atoms with Gasteiger partial charge in [-0.1, -0.05) is 17.7 Å². The van der Waals surface area contributed by atoms with Gasteiger partial charge in [0.05, 0.1) is 43.8 Å². The van der Waals surface area contributed by atoms with Crippen molar-refractivity contribution < 1.29 is 18.9 Å². The first-order valence-electron chi connectivity index (χ1n) is 12.8. The Morgan fingerprint density at radius 1 is 0.947 bits per heavy atom. The summed E-state index contributed by atoms with van der Waals surface area (Å²) in [7, 11) is 3.29. The molecule has 0 amide bonds. The molecule has 38 heavy (non-hydrogen) atoms. The van der Waals surface area contributed by atoms with Gasteiger partial charge in [-0.05, 0) is 61.9 Å². The van der Waals surface area contributed by atoms with E-state index in [9.17, 15) is 0 Å². The number of benzene rings is 3. The average Bonchev–Trinajstić information content (AvgIpc) is 2.91. The Hall–Kier alpha value is -3.55. The largest absolute Gasteiger partial charge is 0.497 e. The Balaban J connectivity index is 1.41. The van der Waals surface area contributed by atoms with Crippen LogP contribution in [-0.4, -0.2) is 42.7 Å². The average molecular weight is 534 g/mol. The Bertz CT molecular complexity index is 1420. The van der Waals surface area contributed by atoms with E-state index < -0.39 is 0 Å². The molecule has 1 aliphatic rings. The van der Waals surface area contributed by atoms with E-state index in [1.165, 1.54) is 0 Å². The van der Waals surface area contributed by atoms with Crippen molar-refractivity contribution in [2.24, 2.45) is 0 Å². The zero-order valence-corrected chi connectivity index (χ0v) is 22.8. The zero-order valence-electron chi connectivity index (χ0n) is 22.0. The molecule has 1 saturated heterocycles. The highest BCUT2D eigenvalue weighted by atomic mass is 35.5. The number of fused-ring (bicyclic) bond motifs is 1. The third-order valence-electron chi connectivity index (χ3n) is 6.80. The quantitative estimate of drug-likeness (QED) is 0.263. The standard InChI is InChI=1S/C30H32ClN3O4/c1-18-11-24(12-19(2)37-18)38-29-10-7-22(31)14-26(29)20-6-9-25-27(13-20)34-33-17-28(25)32-16-21-5-8-23(35-3)15-30(21)36-4/h5-10,13-15,17-19,24H,11-12,16H2,1-4H3,(H,32,34)/t18-,19+,24+. The number of hydrogen-bond donors (Lipinski definition) is 1. The molecule has 1 fully saturated rings. The molecule has 1 aromatic heterocycles. The van der Waals surface area contributed by atoms with E-state index in [0.717, 1.165) is 63.4 Å². The maximum atomic E-state index is 6.49. The van der Waals surface area contributed by atoms with Gasteiger partial charge in [0.1, 0.15) is 23.4 Å². The topological polar surface area (TPSA) is 74.7 Å². The summed E-state index contributed by atoms with van der Waals surface area (Å²) >= 11 is 6.41. The second-order valence-corrected chi connectivity index (χ2v) is 10.1. The summed E-state index contributed by atoms with van der Waals surface area (Å²) in [6, 6.07) is 17.7. The first-order chi connectivity index (χ1) is 18.4. The fourth-order valence-electron chi connectivity index (χ4n) is 5.01. The number of rotatable bonds is 8. The van der Waals surface area contributed by atoms with Gasteiger partial charge in [0.15, 0.2) is 0 Å². The minimum atomic E-state index is 0.0830. The number of halogens is 1. The lowest BCUT2D eigenvalue weighted by atomic mass is 10.0. The maximum absolute atomic E-state index is 6.49. The molecule has 0 spiro atoms. The van der Waals surface area contributed by atoms with Crippen LogP contribution in [0, 0.1) is 0 Å². The monoisotopic (exact) mass is 533 g/mol. The number of hydrogen-bond acceptors (Lipinski definition) is 7. The lowest BCUT2D eigenvalue weighted by Gasteiger charge is -2.32. The third kappa shape index (κ3) is 5.79. The Morgan fingerprint density at radius 2 is 1.76 bits per heavy atom. The van der Waals surface area contributed by atoms with Crippen LogP contribution >= 0.6 is 11.6 Å². The highest BCUT2D eigenvalue weighted by Gasteiger charge is 2.26. The van der Waals surface area contributed by atoms with Crippen LogP contribution in [0.5, 0.6) is 17.2 Å². The number of anilines is 1. The molecule has 3 atom stereocenters. The fourth-order valence-corrected chi connectivity index (χ4v) is 5.18. The molecule has 5 rings (SSSR count). The molecule has 0 aliphatic carbocycles. The molecule has 7 nitrogen and oxygen atoms in total. The van der Waals surface area contributed by atoms with Gasteiger partial charge in [-0.15, -0.1) is 0 Å². The van der Waals surface area contributed by atoms with E-state index in [0.29, 0.717) is 11.6 Å². The second kappa shape index (κ2) is 11.5. The van der Waals surface area contributed by atoms with Gasteiger partial charge >= 0.3 is 0 Å². The third-order valence-corrected chi connectivity index (χ3v) is 7.04. The van der Waals surface area contributed by atoms with Gasteiger partial charge in [-0.2, -0.15) is 10.2 Å². The van der Waals surface area contributed by atoms with Crippen LogP contribution in [0.25, 0.3) is 22.0 Å². The van der Waals surface area contributed by atoms with Crippen molar-refractivity contribution >= 4 is 28.2 Å². The van der Waals surface area contributed by atoms with Crippen LogP contribution in [0.1, 0.15) is 32.3 Å². The van der Waals surface area contributed by atoms with Crippen LogP contribution in [-0.2, 0) is 11.3 Å². The van der Waals surface area contributed by atoms with E-state index in [4.69, 9.17) is 30.5 Å². The molecule has 0 unspecified atom stereocenters. The first-order valence-corrected chi connectivity index (χ1v) is 13.1. The predicted molar refractivity (Wildman–Crippen MR) is 151 cm³/mol. The predicted octanol–water partition coefficient (Wildman–Crippen LogP) is 6.91. The van der Waals surface area contributed by atoms with Crippen molar-refractivity contribution in [3.05, 3.63) is 71.4 Å². The Labute approximate surface area is 228 Å². The summed E-state index contributed by atoms with van der Waals surface area (Å²) in [6.07, 6.45) is 3.85. The zero-order chi connectivity index (χ0) is 26.6. The van der Waals surface area contributed by atoms with Crippen LogP contribution in [0.3, 0.4) is 0 Å². The minimum Gasteiger partial charge on any atom is -0.497 e. The van der Waals surface area contributed by atoms with Crippen LogP contribution in [0.2, 0.25) is 5.02 Å². The highest BCUT2D eigenvalue weighted by Crippen LogP contribution is 2.37. The Morgan fingerprint density at radius 3 is 2.53 bits per heavy atom. The molecule has 8 heteroatoms. The molecule has 1 N–H and O–H groups in total. The molecule has 1 aliphatic heterocycles. The van der Waals surface area contributed by atoms with Crippen molar-refractivity contribution in [1.82, 2.24) is 10.2 Å². The number of ether oxygens (including phenoxy) is 4. The van der Waals surface area contributed by atoms with Crippen LogP contribution in [0.15, 0.2) is 60.8 Å². The lowest BCUT2D eigenvalue weighted by molar-refractivity contribution is -0.0720. The molecule has 0 radical (unpaired) electrons. The number of nitrogens with zero attached hydrogens (tertiary/aromatic N) is 2. The molecule has 2 heterocycles. The summed E-state index contributed by atoms with van der Waals surface area (Å²) in [4.78, 5) is 0. The normalized spacial score (nSPS) is 19.2.